The number of carbonyl (C=O) groups excluding carboxylic acids is 1. The molecular formula is C31H33N3O3. The Morgan fingerprint density at radius 2 is 1.89 bits per heavy atom. The van der Waals surface area contributed by atoms with Gasteiger partial charge in [0.15, 0.2) is 5.78 Å². The minimum Gasteiger partial charge on any atom is -0.373 e. The second-order valence-corrected chi connectivity index (χ2v) is 11.8. The number of benzene rings is 3. The molecule has 6 nitrogen and oxygen atoms in total. The van der Waals surface area contributed by atoms with Crippen LogP contribution in [0.4, 0.5) is 17.1 Å². The van der Waals surface area contributed by atoms with Crippen molar-refractivity contribution in [3.63, 3.8) is 0 Å². The van der Waals surface area contributed by atoms with Crippen LogP contribution in [0.25, 0.3) is 16.3 Å². The number of allylic oxidation sites excluding steroid dienone is 1. The topological polar surface area (TPSA) is 75.5 Å². The molecule has 2 heterocycles. The first kappa shape index (κ1) is 23.7. The third-order valence-electron chi connectivity index (χ3n) is 8.27. The fraction of sp³-hybridized carbons (Fsp3) is 0.387. The summed E-state index contributed by atoms with van der Waals surface area (Å²) >= 11 is 0. The molecule has 1 aliphatic carbocycles. The van der Waals surface area contributed by atoms with Gasteiger partial charge in [0.2, 0.25) is 0 Å². The van der Waals surface area contributed by atoms with Crippen molar-refractivity contribution in [2.45, 2.75) is 52.5 Å². The van der Waals surface area contributed by atoms with Gasteiger partial charge in [-0.15, -0.1) is 0 Å². The molecule has 2 aliphatic heterocycles. The molecule has 0 spiro atoms. The number of nitro benzene ring substituents is 1. The lowest BCUT2D eigenvalue weighted by Crippen LogP contribution is -2.37. The number of non-ortho nitro benzene ring substituents is 1. The zero-order chi connectivity index (χ0) is 25.9. The predicted octanol–water partition coefficient (Wildman–Crippen LogP) is 7.29. The summed E-state index contributed by atoms with van der Waals surface area (Å²) < 4.78 is 0. The van der Waals surface area contributed by atoms with Gasteiger partial charge >= 0.3 is 0 Å². The molecule has 3 aliphatic rings. The summed E-state index contributed by atoms with van der Waals surface area (Å²) in [5, 5.41) is 17.8. The number of hydrogen-bond acceptors (Lipinski definition) is 5. The molecule has 37 heavy (non-hydrogen) atoms. The lowest BCUT2D eigenvalue weighted by molar-refractivity contribution is -0.384. The molecule has 1 N–H and O–H groups in total. The van der Waals surface area contributed by atoms with E-state index < -0.39 is 6.04 Å². The fourth-order valence-corrected chi connectivity index (χ4v) is 6.65. The Bertz CT molecular complexity index is 1470. The maximum atomic E-state index is 13.9. The Labute approximate surface area is 217 Å². The molecule has 1 fully saturated rings. The van der Waals surface area contributed by atoms with Gasteiger partial charge in [-0.1, -0.05) is 51.1 Å². The monoisotopic (exact) mass is 495 g/mol. The Kier molecular flexibility index (Phi) is 5.59. The number of carbonyl (C=O) groups is 1. The zero-order valence-electron chi connectivity index (χ0n) is 21.7. The normalized spacial score (nSPS) is 22.9. The van der Waals surface area contributed by atoms with Gasteiger partial charge in [0, 0.05) is 59.7 Å². The predicted molar refractivity (Wildman–Crippen MR) is 149 cm³/mol. The number of ketones is 1. The van der Waals surface area contributed by atoms with E-state index in [4.69, 9.17) is 0 Å². The zero-order valence-corrected chi connectivity index (χ0v) is 21.7. The molecule has 0 bridgehead atoms. The van der Waals surface area contributed by atoms with Gasteiger partial charge in [0.25, 0.3) is 5.69 Å². The molecule has 6 heteroatoms. The summed E-state index contributed by atoms with van der Waals surface area (Å²) in [4.78, 5) is 27.7. The van der Waals surface area contributed by atoms with Crippen molar-refractivity contribution in [3.05, 3.63) is 81.4 Å². The summed E-state index contributed by atoms with van der Waals surface area (Å²) in [6.07, 6.45) is 3.53. The summed E-state index contributed by atoms with van der Waals surface area (Å²) in [5.74, 6) is 0.682. The maximum absolute atomic E-state index is 13.9. The van der Waals surface area contributed by atoms with Crippen LogP contribution in [0.5, 0.6) is 0 Å². The molecule has 1 saturated heterocycles. The largest absolute Gasteiger partial charge is 0.373 e. The average molecular weight is 496 g/mol. The van der Waals surface area contributed by atoms with Crippen LogP contribution in [-0.2, 0) is 4.79 Å². The highest BCUT2D eigenvalue weighted by Gasteiger charge is 2.42. The van der Waals surface area contributed by atoms with E-state index in [9.17, 15) is 14.9 Å². The number of rotatable bonds is 3. The first-order valence-electron chi connectivity index (χ1n) is 13.3. The number of hydrogen-bond donors (Lipinski definition) is 1. The number of piperidine rings is 1. The van der Waals surface area contributed by atoms with Gasteiger partial charge in [-0.3, -0.25) is 14.9 Å². The van der Waals surface area contributed by atoms with Gasteiger partial charge in [0.1, 0.15) is 0 Å². The lowest BCUT2D eigenvalue weighted by Gasteiger charge is -2.41. The highest BCUT2D eigenvalue weighted by molar-refractivity contribution is 6.13. The number of anilines is 2. The molecule has 0 aromatic heterocycles. The second kappa shape index (κ2) is 8.72. The number of nitrogens with one attached hydrogen (secondary N) is 1. The van der Waals surface area contributed by atoms with Crippen LogP contribution >= 0.6 is 0 Å². The smallest absolute Gasteiger partial charge is 0.269 e. The third kappa shape index (κ3) is 4.08. The third-order valence-corrected chi connectivity index (χ3v) is 8.27. The van der Waals surface area contributed by atoms with E-state index in [1.165, 1.54) is 6.42 Å². The van der Waals surface area contributed by atoms with E-state index in [1.807, 2.05) is 18.2 Å². The Hall–Kier alpha value is -3.67. The van der Waals surface area contributed by atoms with Gasteiger partial charge in [-0.05, 0) is 59.1 Å². The Balaban J connectivity index is 1.60. The molecule has 3 aromatic carbocycles. The van der Waals surface area contributed by atoms with Gasteiger partial charge in [-0.25, -0.2) is 0 Å². The minimum atomic E-state index is -0.431. The SMILES string of the molecule is C[C@@H]1CCCN(c2ccc([N+](=O)[O-])cc2[C@@H]2Nc3ccc4ccccc4c3C3=C2C(=O)CC(C)(C)C3)C1. The minimum absolute atomic E-state index is 0.0562. The van der Waals surface area contributed by atoms with Crippen molar-refractivity contribution < 1.29 is 9.72 Å². The molecule has 0 saturated carbocycles. The van der Waals surface area contributed by atoms with E-state index >= 15 is 0 Å². The van der Waals surface area contributed by atoms with Crippen LogP contribution in [0.2, 0.25) is 0 Å². The lowest BCUT2D eigenvalue weighted by atomic mass is 9.67. The number of nitrogens with zero attached hydrogens (tertiary/aromatic N) is 2. The van der Waals surface area contributed by atoms with E-state index in [-0.39, 0.29) is 21.8 Å². The van der Waals surface area contributed by atoms with Crippen molar-refractivity contribution >= 4 is 39.2 Å². The molecule has 0 unspecified atom stereocenters. The van der Waals surface area contributed by atoms with Gasteiger partial charge in [-0.2, -0.15) is 0 Å². The molecule has 190 valence electrons. The van der Waals surface area contributed by atoms with Crippen LogP contribution in [-0.4, -0.2) is 23.8 Å². The molecule has 6 rings (SSSR count). The highest BCUT2D eigenvalue weighted by Crippen LogP contribution is 2.53. The quantitative estimate of drug-likeness (QED) is 0.305. The molecule has 0 radical (unpaired) electrons. The number of nitro groups is 1. The van der Waals surface area contributed by atoms with Crippen molar-refractivity contribution in [3.8, 4) is 0 Å². The van der Waals surface area contributed by atoms with E-state index in [0.29, 0.717) is 12.3 Å². The van der Waals surface area contributed by atoms with Crippen LogP contribution in [0.3, 0.4) is 0 Å². The first-order chi connectivity index (χ1) is 17.7. The van der Waals surface area contributed by atoms with E-state index in [0.717, 1.165) is 70.4 Å². The van der Waals surface area contributed by atoms with E-state index in [2.05, 4.69) is 55.3 Å². The molecule has 3 aromatic rings. The molecule has 0 amide bonds. The fourth-order valence-electron chi connectivity index (χ4n) is 6.65. The Morgan fingerprint density at radius 1 is 1.08 bits per heavy atom. The van der Waals surface area contributed by atoms with Crippen molar-refractivity contribution in [1.29, 1.82) is 0 Å². The Morgan fingerprint density at radius 3 is 2.68 bits per heavy atom. The van der Waals surface area contributed by atoms with Crippen molar-refractivity contribution in [1.82, 2.24) is 0 Å². The summed E-state index contributed by atoms with van der Waals surface area (Å²) in [5.41, 5.74) is 5.66. The number of fused-ring (bicyclic) bond motifs is 4. The summed E-state index contributed by atoms with van der Waals surface area (Å²) in [7, 11) is 0. The standard InChI is InChI=1S/C31H33N3O3/c1-19-7-6-14-33(18-19)26-13-11-21(34(36)37)15-23(26)30-29-24(16-31(2,3)17-27(29)35)28-22-9-5-4-8-20(22)10-12-25(28)32-30/h4-5,8-13,15,19,30,32H,6-7,14,16-18H2,1-3H3/t19-,30+/m1/s1. The first-order valence-corrected chi connectivity index (χ1v) is 13.3. The van der Waals surface area contributed by atoms with Crippen LogP contribution in [0.15, 0.2) is 60.2 Å². The van der Waals surface area contributed by atoms with Crippen molar-refractivity contribution in [2.75, 3.05) is 23.3 Å². The van der Waals surface area contributed by atoms with Crippen LogP contribution in [0, 0.1) is 21.4 Å². The number of Topliss-reactive ketones (excluding diaryl/α,β-unsaturated/α-hetero) is 1. The molecule has 2 atom stereocenters. The molecular weight excluding hydrogens is 462 g/mol. The average Bonchev–Trinajstić information content (AvgIpc) is 2.86. The van der Waals surface area contributed by atoms with Crippen molar-refractivity contribution in [2.24, 2.45) is 11.3 Å². The summed E-state index contributed by atoms with van der Waals surface area (Å²) in [6.45, 7) is 8.39. The second-order valence-electron chi connectivity index (χ2n) is 11.8. The maximum Gasteiger partial charge on any atom is 0.269 e. The van der Waals surface area contributed by atoms with Crippen LogP contribution < -0.4 is 10.2 Å². The van der Waals surface area contributed by atoms with Crippen LogP contribution in [0.1, 0.15) is 63.6 Å². The van der Waals surface area contributed by atoms with E-state index in [1.54, 1.807) is 12.1 Å². The summed E-state index contributed by atoms with van der Waals surface area (Å²) in [6, 6.07) is 17.3. The van der Waals surface area contributed by atoms with Gasteiger partial charge in [0.05, 0.1) is 11.0 Å². The highest BCUT2D eigenvalue weighted by atomic mass is 16.6. The van der Waals surface area contributed by atoms with Gasteiger partial charge < -0.3 is 10.2 Å².